The first kappa shape index (κ1) is 27.9. The van der Waals surface area contributed by atoms with E-state index in [0.29, 0.717) is 16.1 Å². The molecule has 0 aromatic heterocycles. The minimum Gasteiger partial charge on any atom is -0.496 e. The molecule has 0 saturated heterocycles. The Labute approximate surface area is 217 Å². The molecule has 0 spiro atoms. The fourth-order valence-corrected chi connectivity index (χ4v) is 4.05. The number of nitrogens with zero attached hydrogens (tertiary/aromatic N) is 1. The first-order valence-corrected chi connectivity index (χ1v) is 11.7. The number of carbonyl (C=O) groups is 2. The van der Waals surface area contributed by atoms with Crippen LogP contribution in [0.15, 0.2) is 60.7 Å². The quantitative estimate of drug-likeness (QED) is 0.325. The van der Waals surface area contributed by atoms with Crippen LogP contribution >= 0.6 is 11.6 Å². The molecule has 0 bridgehead atoms. The number of halogens is 4. The fraction of sp³-hybridized carbons (Fsp3) is 0.259. The van der Waals surface area contributed by atoms with Gasteiger partial charge in [0.15, 0.2) is 0 Å². The summed E-state index contributed by atoms with van der Waals surface area (Å²) in [4.78, 5) is 25.8. The van der Waals surface area contributed by atoms with E-state index in [9.17, 15) is 27.9 Å². The Bertz CT molecular complexity index is 1250. The zero-order chi connectivity index (χ0) is 27.2. The van der Waals surface area contributed by atoms with Crippen molar-refractivity contribution in [3.8, 4) is 16.9 Å². The summed E-state index contributed by atoms with van der Waals surface area (Å²) >= 11 is 5.88. The van der Waals surface area contributed by atoms with Gasteiger partial charge in [-0.15, -0.1) is 0 Å². The Morgan fingerprint density at radius 2 is 1.68 bits per heavy atom. The molecule has 3 rings (SSSR count). The van der Waals surface area contributed by atoms with E-state index in [1.807, 2.05) is 0 Å². The highest BCUT2D eigenvalue weighted by Crippen LogP contribution is 2.43. The maximum atomic E-state index is 14.1. The molecule has 6 nitrogen and oxygen atoms in total. The molecule has 1 N–H and O–H groups in total. The molecule has 0 radical (unpaired) electrons. The van der Waals surface area contributed by atoms with Crippen LogP contribution in [-0.2, 0) is 35.3 Å². The van der Waals surface area contributed by atoms with Crippen molar-refractivity contribution in [3.05, 3.63) is 87.9 Å². The number of hydrogen-bond donors (Lipinski definition) is 1. The van der Waals surface area contributed by atoms with E-state index in [0.717, 1.165) is 6.07 Å². The van der Waals surface area contributed by atoms with E-state index in [1.54, 1.807) is 61.5 Å². The van der Waals surface area contributed by atoms with Gasteiger partial charge in [-0.1, -0.05) is 54.1 Å². The first-order chi connectivity index (χ1) is 17.5. The number of carboxylic acid groups (broad SMARTS) is 1. The van der Waals surface area contributed by atoms with Gasteiger partial charge in [0.1, 0.15) is 12.4 Å². The Morgan fingerprint density at radius 3 is 2.22 bits per heavy atom. The van der Waals surface area contributed by atoms with Crippen LogP contribution in [0.4, 0.5) is 18.0 Å². The highest BCUT2D eigenvalue weighted by molar-refractivity contribution is 6.30. The van der Waals surface area contributed by atoms with Crippen molar-refractivity contribution in [3.63, 3.8) is 0 Å². The maximum Gasteiger partial charge on any atom is 0.416 e. The Morgan fingerprint density at radius 1 is 1.03 bits per heavy atom. The summed E-state index contributed by atoms with van der Waals surface area (Å²) in [5.74, 6) is -1.53. The number of carbonyl (C=O) groups excluding carboxylic acids is 1. The minimum absolute atomic E-state index is 0.0190. The number of rotatable bonds is 9. The Kier molecular flexibility index (Phi) is 9.04. The van der Waals surface area contributed by atoms with E-state index in [1.165, 1.54) is 12.0 Å². The number of hydrogen-bond acceptors (Lipinski definition) is 4. The van der Waals surface area contributed by atoms with Crippen LogP contribution in [-0.4, -0.2) is 35.7 Å². The zero-order valence-electron chi connectivity index (χ0n) is 20.1. The number of aliphatic carboxylic acids is 1. The SMILES string of the molecule is CCN(Cc1c(CC(=O)O)c(C(F)(F)F)cc(OC)c1-c1ccccc1)C(=O)OCc1ccc(Cl)cc1. The maximum absolute atomic E-state index is 14.1. The average molecular weight is 536 g/mol. The lowest BCUT2D eigenvalue weighted by Gasteiger charge is -2.27. The topological polar surface area (TPSA) is 76.1 Å². The first-order valence-electron chi connectivity index (χ1n) is 11.3. The molecule has 37 heavy (non-hydrogen) atoms. The molecule has 0 fully saturated rings. The van der Waals surface area contributed by atoms with Crippen molar-refractivity contribution in [2.75, 3.05) is 13.7 Å². The third-order valence-corrected chi connectivity index (χ3v) is 5.95. The summed E-state index contributed by atoms with van der Waals surface area (Å²) in [5, 5.41) is 10.0. The molecule has 10 heteroatoms. The number of amides is 1. The molecule has 0 saturated carbocycles. The van der Waals surface area contributed by atoms with Crippen LogP contribution in [0.5, 0.6) is 5.75 Å². The van der Waals surface area contributed by atoms with Gasteiger partial charge < -0.3 is 19.5 Å². The van der Waals surface area contributed by atoms with Crippen molar-refractivity contribution in [2.45, 2.75) is 32.7 Å². The predicted molar refractivity (Wildman–Crippen MR) is 132 cm³/mol. The third-order valence-electron chi connectivity index (χ3n) is 5.69. The second-order valence-corrected chi connectivity index (χ2v) is 8.52. The largest absolute Gasteiger partial charge is 0.496 e. The van der Waals surface area contributed by atoms with Crippen molar-refractivity contribution >= 4 is 23.7 Å². The number of benzene rings is 3. The number of ether oxygens (including phenoxy) is 2. The van der Waals surface area contributed by atoms with Crippen molar-refractivity contribution in [1.82, 2.24) is 4.90 Å². The van der Waals surface area contributed by atoms with Gasteiger partial charge in [-0.2, -0.15) is 13.2 Å². The van der Waals surface area contributed by atoms with Crippen LogP contribution in [0.3, 0.4) is 0 Å². The second kappa shape index (κ2) is 12.0. The summed E-state index contributed by atoms with van der Waals surface area (Å²) in [7, 11) is 1.24. The van der Waals surface area contributed by atoms with Crippen LogP contribution in [0.25, 0.3) is 11.1 Å². The van der Waals surface area contributed by atoms with Crippen molar-refractivity contribution in [2.24, 2.45) is 0 Å². The van der Waals surface area contributed by atoms with Crippen LogP contribution < -0.4 is 4.74 Å². The lowest BCUT2D eigenvalue weighted by molar-refractivity contribution is -0.139. The van der Waals surface area contributed by atoms with E-state index in [-0.39, 0.29) is 36.6 Å². The molecule has 1 amide bonds. The lowest BCUT2D eigenvalue weighted by atomic mass is 9.88. The predicted octanol–water partition coefficient (Wildman–Crippen LogP) is 6.82. The lowest BCUT2D eigenvalue weighted by Crippen LogP contribution is -2.32. The normalized spacial score (nSPS) is 11.2. The summed E-state index contributed by atoms with van der Waals surface area (Å²) in [6, 6.07) is 15.9. The van der Waals surface area contributed by atoms with Gasteiger partial charge in [0.25, 0.3) is 0 Å². The van der Waals surface area contributed by atoms with Gasteiger partial charge in [0, 0.05) is 17.1 Å². The summed E-state index contributed by atoms with van der Waals surface area (Å²) in [6.45, 7) is 1.33. The standard InChI is InChI=1S/C27H25ClF3NO5/c1-3-32(26(35)37-16-17-9-11-19(28)12-10-17)15-21-20(13-24(33)34)22(27(29,30)31)14-23(36-2)25(21)18-7-5-4-6-8-18/h4-12,14H,3,13,15-16H2,1-2H3,(H,33,34). The average Bonchev–Trinajstić information content (AvgIpc) is 2.86. The van der Waals surface area contributed by atoms with Gasteiger partial charge >= 0.3 is 18.2 Å². The van der Waals surface area contributed by atoms with Crippen molar-refractivity contribution < 1.29 is 37.3 Å². The summed E-state index contributed by atoms with van der Waals surface area (Å²) < 4.78 is 53.0. The fourth-order valence-electron chi connectivity index (χ4n) is 3.93. The van der Waals surface area contributed by atoms with Crippen LogP contribution in [0.1, 0.15) is 29.2 Å². The molecule has 3 aromatic rings. The molecular formula is C27H25ClF3NO5. The summed E-state index contributed by atoms with van der Waals surface area (Å²) in [6.07, 6.45) is -6.52. The Balaban J connectivity index is 2.11. The van der Waals surface area contributed by atoms with E-state index < -0.39 is 35.8 Å². The highest BCUT2D eigenvalue weighted by atomic mass is 35.5. The monoisotopic (exact) mass is 535 g/mol. The van der Waals surface area contributed by atoms with Gasteiger partial charge in [-0.3, -0.25) is 4.79 Å². The minimum atomic E-state index is -4.85. The molecular weight excluding hydrogens is 511 g/mol. The molecule has 0 unspecified atom stereocenters. The molecule has 0 atom stereocenters. The summed E-state index contributed by atoms with van der Waals surface area (Å²) in [5.41, 5.74) is -0.0936. The van der Waals surface area contributed by atoms with Gasteiger partial charge in [-0.05, 0) is 47.4 Å². The molecule has 0 aliphatic carbocycles. The van der Waals surface area contributed by atoms with E-state index >= 15 is 0 Å². The van der Waals surface area contributed by atoms with Crippen LogP contribution in [0, 0.1) is 0 Å². The van der Waals surface area contributed by atoms with Gasteiger partial charge in [0.2, 0.25) is 0 Å². The smallest absolute Gasteiger partial charge is 0.416 e. The second-order valence-electron chi connectivity index (χ2n) is 8.09. The number of alkyl halides is 3. The van der Waals surface area contributed by atoms with Gasteiger partial charge in [-0.25, -0.2) is 4.79 Å². The van der Waals surface area contributed by atoms with E-state index in [2.05, 4.69) is 0 Å². The molecule has 3 aromatic carbocycles. The Hall–Kier alpha value is -3.72. The van der Waals surface area contributed by atoms with Crippen LogP contribution in [0.2, 0.25) is 5.02 Å². The third kappa shape index (κ3) is 6.95. The highest BCUT2D eigenvalue weighted by Gasteiger charge is 2.38. The molecule has 196 valence electrons. The van der Waals surface area contributed by atoms with E-state index in [4.69, 9.17) is 21.1 Å². The molecule has 0 aliphatic heterocycles. The molecule has 0 aliphatic rings. The molecule has 0 heterocycles. The van der Waals surface area contributed by atoms with Gasteiger partial charge in [0.05, 0.1) is 25.6 Å². The zero-order valence-corrected chi connectivity index (χ0v) is 20.9. The number of carboxylic acids is 1. The number of methoxy groups -OCH3 is 1. The van der Waals surface area contributed by atoms with Crippen molar-refractivity contribution in [1.29, 1.82) is 0 Å².